The second-order valence-corrected chi connectivity index (χ2v) is 4.27. The molecule has 0 radical (unpaired) electrons. The summed E-state index contributed by atoms with van der Waals surface area (Å²) in [6.07, 6.45) is 1.11. The van der Waals surface area contributed by atoms with Crippen molar-refractivity contribution in [3.8, 4) is 0 Å². The summed E-state index contributed by atoms with van der Waals surface area (Å²) in [5, 5.41) is 4.11. The molecular weight excluding hydrogens is 249 g/mol. The summed E-state index contributed by atoms with van der Waals surface area (Å²) in [6, 6.07) is 3.98. The fourth-order valence-corrected chi connectivity index (χ4v) is 1.80. The van der Waals surface area contributed by atoms with Crippen LogP contribution in [0.3, 0.4) is 0 Å². The van der Waals surface area contributed by atoms with Gasteiger partial charge in [0.1, 0.15) is 0 Å². The lowest BCUT2D eigenvalue weighted by molar-refractivity contribution is 0.978. The van der Waals surface area contributed by atoms with E-state index in [2.05, 4.69) is 28.2 Å². The smallest absolute Gasteiger partial charge is 0.0499 e. The van der Waals surface area contributed by atoms with E-state index in [9.17, 15) is 0 Å². The standard InChI is InChI=1S/C10H13BrClN/c1-3-4-13-10-6-9(12)7(2)5-8(10)11/h5-6,13H,3-4H2,1-2H3. The first-order valence-electron chi connectivity index (χ1n) is 4.34. The third-order valence-corrected chi connectivity index (χ3v) is 2.88. The molecule has 72 valence electrons. The van der Waals surface area contributed by atoms with Crippen molar-refractivity contribution in [2.75, 3.05) is 11.9 Å². The molecule has 3 heteroatoms. The zero-order valence-corrected chi connectivity index (χ0v) is 10.2. The highest BCUT2D eigenvalue weighted by Crippen LogP contribution is 2.28. The van der Waals surface area contributed by atoms with Gasteiger partial charge >= 0.3 is 0 Å². The Morgan fingerprint density at radius 2 is 2.15 bits per heavy atom. The molecule has 13 heavy (non-hydrogen) atoms. The SMILES string of the molecule is CCCNc1cc(Cl)c(C)cc1Br. The van der Waals surface area contributed by atoms with Gasteiger partial charge in [0.25, 0.3) is 0 Å². The predicted molar refractivity (Wildman–Crippen MR) is 62.7 cm³/mol. The van der Waals surface area contributed by atoms with Gasteiger partial charge in [0.05, 0.1) is 0 Å². The summed E-state index contributed by atoms with van der Waals surface area (Å²) < 4.78 is 1.07. The molecule has 0 saturated carbocycles. The number of benzene rings is 1. The normalized spacial score (nSPS) is 10.2. The third kappa shape index (κ3) is 2.89. The van der Waals surface area contributed by atoms with Gasteiger partial charge in [-0.15, -0.1) is 0 Å². The van der Waals surface area contributed by atoms with Gasteiger partial charge < -0.3 is 5.32 Å². The van der Waals surface area contributed by atoms with Crippen molar-refractivity contribution in [2.24, 2.45) is 0 Å². The van der Waals surface area contributed by atoms with Crippen molar-refractivity contribution in [3.05, 3.63) is 27.2 Å². The summed E-state index contributed by atoms with van der Waals surface area (Å²) in [6.45, 7) is 5.10. The zero-order valence-electron chi connectivity index (χ0n) is 7.82. The van der Waals surface area contributed by atoms with E-state index in [1.54, 1.807) is 0 Å². The Hall–Kier alpha value is -0.210. The van der Waals surface area contributed by atoms with E-state index < -0.39 is 0 Å². The van der Waals surface area contributed by atoms with E-state index in [-0.39, 0.29) is 0 Å². The maximum Gasteiger partial charge on any atom is 0.0499 e. The van der Waals surface area contributed by atoms with Gasteiger partial charge in [-0.1, -0.05) is 18.5 Å². The van der Waals surface area contributed by atoms with Crippen molar-refractivity contribution in [1.82, 2.24) is 0 Å². The molecule has 0 bridgehead atoms. The van der Waals surface area contributed by atoms with Crippen molar-refractivity contribution in [2.45, 2.75) is 20.3 Å². The zero-order chi connectivity index (χ0) is 9.84. The molecule has 0 aliphatic rings. The maximum absolute atomic E-state index is 6.00. The molecule has 0 atom stereocenters. The highest BCUT2D eigenvalue weighted by Gasteiger charge is 2.02. The van der Waals surface area contributed by atoms with Crippen molar-refractivity contribution < 1.29 is 0 Å². The van der Waals surface area contributed by atoms with E-state index >= 15 is 0 Å². The van der Waals surface area contributed by atoms with Gasteiger partial charge in [0.2, 0.25) is 0 Å². The largest absolute Gasteiger partial charge is 0.384 e. The Kier molecular flexibility index (Phi) is 4.07. The van der Waals surface area contributed by atoms with E-state index in [1.165, 1.54) is 0 Å². The summed E-state index contributed by atoms with van der Waals surface area (Å²) >= 11 is 9.49. The van der Waals surface area contributed by atoms with E-state index in [1.807, 2.05) is 19.1 Å². The molecule has 1 nitrogen and oxygen atoms in total. The minimum absolute atomic E-state index is 0.807. The van der Waals surface area contributed by atoms with Crippen LogP contribution >= 0.6 is 27.5 Å². The molecule has 0 aliphatic carbocycles. The minimum Gasteiger partial charge on any atom is -0.384 e. The lowest BCUT2D eigenvalue weighted by Crippen LogP contribution is -2.00. The number of hydrogen-bond donors (Lipinski definition) is 1. The van der Waals surface area contributed by atoms with Gasteiger partial charge in [0.15, 0.2) is 0 Å². The number of hydrogen-bond acceptors (Lipinski definition) is 1. The quantitative estimate of drug-likeness (QED) is 0.859. The first-order valence-corrected chi connectivity index (χ1v) is 5.51. The number of nitrogens with one attached hydrogen (secondary N) is 1. The highest BCUT2D eigenvalue weighted by molar-refractivity contribution is 9.10. The Morgan fingerprint density at radius 1 is 1.46 bits per heavy atom. The Morgan fingerprint density at radius 3 is 2.77 bits per heavy atom. The topological polar surface area (TPSA) is 12.0 Å². The number of halogens is 2. The molecule has 0 spiro atoms. The molecule has 1 rings (SSSR count). The molecule has 0 unspecified atom stereocenters. The van der Waals surface area contributed by atoms with Crippen LogP contribution in [0.25, 0.3) is 0 Å². The molecular formula is C10H13BrClN. The lowest BCUT2D eigenvalue weighted by Gasteiger charge is -2.09. The Balaban J connectivity index is 2.88. The fraction of sp³-hybridized carbons (Fsp3) is 0.400. The van der Waals surface area contributed by atoms with Crippen LogP contribution in [0.4, 0.5) is 5.69 Å². The molecule has 0 saturated heterocycles. The van der Waals surface area contributed by atoms with Crippen LogP contribution < -0.4 is 5.32 Å². The first-order chi connectivity index (χ1) is 6.15. The monoisotopic (exact) mass is 261 g/mol. The minimum atomic E-state index is 0.807. The molecule has 0 amide bonds. The molecule has 0 aliphatic heterocycles. The first kappa shape index (κ1) is 10.9. The average molecular weight is 263 g/mol. The second-order valence-electron chi connectivity index (χ2n) is 3.01. The van der Waals surface area contributed by atoms with Crippen molar-refractivity contribution >= 4 is 33.2 Å². The molecule has 1 aromatic carbocycles. The Labute approximate surface area is 92.6 Å². The molecule has 1 N–H and O–H groups in total. The van der Waals surface area contributed by atoms with E-state index in [0.29, 0.717) is 0 Å². The van der Waals surface area contributed by atoms with Crippen LogP contribution in [0.1, 0.15) is 18.9 Å². The van der Waals surface area contributed by atoms with Crippen molar-refractivity contribution in [1.29, 1.82) is 0 Å². The fourth-order valence-electron chi connectivity index (χ4n) is 1.04. The van der Waals surface area contributed by atoms with Crippen LogP contribution in [0, 0.1) is 6.92 Å². The number of anilines is 1. The van der Waals surface area contributed by atoms with Gasteiger partial charge in [-0.2, -0.15) is 0 Å². The predicted octanol–water partition coefficient (Wildman–Crippen LogP) is 4.23. The van der Waals surface area contributed by atoms with Gasteiger partial charge in [-0.05, 0) is 47.0 Å². The summed E-state index contributed by atoms with van der Waals surface area (Å²) in [5.74, 6) is 0. The molecule has 0 heterocycles. The molecule has 0 aromatic heterocycles. The average Bonchev–Trinajstić information content (AvgIpc) is 2.09. The van der Waals surface area contributed by atoms with Crippen LogP contribution in [-0.4, -0.2) is 6.54 Å². The highest BCUT2D eigenvalue weighted by atomic mass is 79.9. The van der Waals surface area contributed by atoms with Gasteiger partial charge in [-0.3, -0.25) is 0 Å². The maximum atomic E-state index is 6.00. The van der Waals surface area contributed by atoms with Gasteiger partial charge in [0, 0.05) is 21.7 Å². The Bertz CT molecular complexity index is 299. The summed E-state index contributed by atoms with van der Waals surface area (Å²) in [4.78, 5) is 0. The summed E-state index contributed by atoms with van der Waals surface area (Å²) in [5.41, 5.74) is 2.16. The van der Waals surface area contributed by atoms with Crippen LogP contribution in [0.2, 0.25) is 5.02 Å². The van der Waals surface area contributed by atoms with E-state index in [0.717, 1.165) is 33.7 Å². The van der Waals surface area contributed by atoms with Crippen LogP contribution in [0.5, 0.6) is 0 Å². The third-order valence-electron chi connectivity index (χ3n) is 1.81. The molecule has 0 fully saturated rings. The van der Waals surface area contributed by atoms with Crippen molar-refractivity contribution in [3.63, 3.8) is 0 Å². The number of rotatable bonds is 3. The lowest BCUT2D eigenvalue weighted by atomic mass is 10.2. The summed E-state index contributed by atoms with van der Waals surface area (Å²) in [7, 11) is 0. The van der Waals surface area contributed by atoms with E-state index in [4.69, 9.17) is 11.6 Å². The van der Waals surface area contributed by atoms with Crippen LogP contribution in [-0.2, 0) is 0 Å². The molecule has 1 aromatic rings. The number of aryl methyl sites for hydroxylation is 1. The van der Waals surface area contributed by atoms with Gasteiger partial charge in [-0.25, -0.2) is 0 Å². The van der Waals surface area contributed by atoms with Crippen LogP contribution in [0.15, 0.2) is 16.6 Å². The second kappa shape index (κ2) is 4.87.